The molecule has 29 heavy (non-hydrogen) atoms. The number of benzene rings is 2. The number of halogens is 3. The lowest BCUT2D eigenvalue weighted by atomic mass is 10.2. The molecule has 0 unspecified atom stereocenters. The summed E-state index contributed by atoms with van der Waals surface area (Å²) in [7, 11) is 0. The van der Waals surface area contributed by atoms with E-state index in [1.807, 2.05) is 5.32 Å². The van der Waals surface area contributed by atoms with Gasteiger partial charge in [-0.1, -0.05) is 12.1 Å². The van der Waals surface area contributed by atoms with Gasteiger partial charge >= 0.3 is 5.97 Å². The van der Waals surface area contributed by atoms with Gasteiger partial charge in [-0.25, -0.2) is 18.2 Å². The molecule has 0 bridgehead atoms. The van der Waals surface area contributed by atoms with E-state index < -0.39 is 41.6 Å². The number of hydrogen-bond donors (Lipinski definition) is 2. The van der Waals surface area contributed by atoms with Crippen LogP contribution in [0.2, 0.25) is 0 Å². The van der Waals surface area contributed by atoms with E-state index in [-0.39, 0.29) is 24.2 Å². The molecule has 0 saturated heterocycles. The summed E-state index contributed by atoms with van der Waals surface area (Å²) in [6.45, 7) is -0.751. The number of amides is 1. The molecule has 2 N–H and O–H groups in total. The van der Waals surface area contributed by atoms with Crippen LogP contribution in [0.25, 0.3) is 10.9 Å². The molecule has 0 fully saturated rings. The molecule has 7 nitrogen and oxygen atoms in total. The summed E-state index contributed by atoms with van der Waals surface area (Å²) in [4.78, 5) is 42.2. The highest BCUT2D eigenvalue weighted by Gasteiger charge is 2.16. The first-order valence-electron chi connectivity index (χ1n) is 8.42. The highest BCUT2D eigenvalue weighted by atomic mass is 19.2. The first kappa shape index (κ1) is 20.1. The van der Waals surface area contributed by atoms with Gasteiger partial charge in [0.25, 0.3) is 11.5 Å². The average Bonchev–Trinajstić information content (AvgIpc) is 2.71. The van der Waals surface area contributed by atoms with Gasteiger partial charge in [-0.15, -0.1) is 0 Å². The minimum atomic E-state index is -1.73. The number of ether oxygens (including phenoxy) is 1. The molecule has 1 heterocycles. The van der Waals surface area contributed by atoms with Crippen LogP contribution >= 0.6 is 0 Å². The van der Waals surface area contributed by atoms with Crippen LogP contribution in [0.5, 0.6) is 0 Å². The Bertz CT molecular complexity index is 1150. The first-order valence-corrected chi connectivity index (χ1v) is 8.42. The van der Waals surface area contributed by atoms with Crippen molar-refractivity contribution < 1.29 is 27.5 Å². The molecule has 0 spiro atoms. The minimum absolute atomic E-state index is 0.0678. The lowest BCUT2D eigenvalue weighted by molar-refractivity contribution is -0.147. The van der Waals surface area contributed by atoms with Gasteiger partial charge < -0.3 is 15.0 Å². The van der Waals surface area contributed by atoms with Crippen LogP contribution in [-0.2, 0) is 20.7 Å². The molecule has 150 valence electrons. The Morgan fingerprint density at radius 2 is 1.83 bits per heavy atom. The normalized spacial score (nSPS) is 10.7. The number of hydrogen-bond acceptors (Lipinski definition) is 5. The van der Waals surface area contributed by atoms with Crippen molar-refractivity contribution in [3.8, 4) is 0 Å². The zero-order chi connectivity index (χ0) is 21.0. The molecule has 0 atom stereocenters. The predicted octanol–water partition coefficient (Wildman–Crippen LogP) is 2.45. The third-order valence-corrected chi connectivity index (χ3v) is 3.90. The Morgan fingerprint density at radius 3 is 2.62 bits per heavy atom. The molecular formula is C19H14F3N3O4. The molecule has 1 aromatic heterocycles. The number of aromatic nitrogens is 2. The Morgan fingerprint density at radius 1 is 1.07 bits per heavy atom. The molecule has 2 aromatic carbocycles. The van der Waals surface area contributed by atoms with Crippen molar-refractivity contribution in [2.24, 2.45) is 0 Å². The van der Waals surface area contributed by atoms with Crippen molar-refractivity contribution in [3.05, 3.63) is 70.0 Å². The van der Waals surface area contributed by atoms with Crippen LogP contribution in [0.4, 0.5) is 18.9 Å². The number of fused-ring (bicyclic) bond motifs is 1. The lowest BCUT2D eigenvalue weighted by Gasteiger charge is -2.08. The summed E-state index contributed by atoms with van der Waals surface area (Å²) < 4.78 is 44.2. The van der Waals surface area contributed by atoms with Gasteiger partial charge in [0.05, 0.1) is 23.0 Å². The smallest absolute Gasteiger partial charge is 0.306 e. The maximum atomic E-state index is 13.5. The largest absolute Gasteiger partial charge is 0.456 e. The maximum Gasteiger partial charge on any atom is 0.306 e. The molecule has 0 radical (unpaired) electrons. The van der Waals surface area contributed by atoms with Crippen molar-refractivity contribution in [1.29, 1.82) is 0 Å². The number of aryl methyl sites for hydroxylation is 1. The Balaban J connectivity index is 1.52. The van der Waals surface area contributed by atoms with E-state index >= 15 is 0 Å². The second kappa shape index (κ2) is 8.55. The first-order chi connectivity index (χ1) is 13.8. The number of carbonyl (C=O) groups is 2. The fourth-order valence-corrected chi connectivity index (χ4v) is 2.50. The number of nitrogens with zero attached hydrogens (tertiary/aromatic N) is 1. The molecule has 3 rings (SSSR count). The average molecular weight is 405 g/mol. The highest BCUT2D eigenvalue weighted by molar-refractivity contribution is 5.92. The van der Waals surface area contributed by atoms with Gasteiger partial charge in [0.2, 0.25) is 0 Å². The number of H-pyrrole nitrogens is 1. The van der Waals surface area contributed by atoms with Crippen molar-refractivity contribution in [2.45, 2.75) is 12.8 Å². The van der Waals surface area contributed by atoms with Crippen LogP contribution in [0, 0.1) is 17.5 Å². The lowest BCUT2D eigenvalue weighted by Crippen LogP contribution is -2.22. The monoisotopic (exact) mass is 405 g/mol. The molecule has 1 amide bonds. The van der Waals surface area contributed by atoms with Gasteiger partial charge in [0.15, 0.2) is 24.1 Å². The number of para-hydroxylation sites is 1. The van der Waals surface area contributed by atoms with Gasteiger partial charge in [0.1, 0.15) is 5.82 Å². The summed E-state index contributed by atoms with van der Waals surface area (Å²) in [6.07, 6.45) is -0.105. The number of nitrogens with one attached hydrogen (secondary N) is 2. The fourth-order valence-electron chi connectivity index (χ4n) is 2.50. The number of aromatic amines is 1. The summed E-state index contributed by atoms with van der Waals surface area (Å²) in [5, 5.41) is 2.39. The summed E-state index contributed by atoms with van der Waals surface area (Å²) in [6, 6.07) is 8.20. The van der Waals surface area contributed by atoms with Crippen LogP contribution in [0.15, 0.2) is 41.2 Å². The third-order valence-electron chi connectivity index (χ3n) is 3.90. The summed E-state index contributed by atoms with van der Waals surface area (Å²) >= 11 is 0. The van der Waals surface area contributed by atoms with Gasteiger partial charge in [0, 0.05) is 6.42 Å². The molecular weight excluding hydrogens is 391 g/mol. The third kappa shape index (κ3) is 4.78. The van der Waals surface area contributed by atoms with E-state index in [4.69, 9.17) is 4.74 Å². The molecule has 3 aromatic rings. The van der Waals surface area contributed by atoms with Crippen molar-refractivity contribution in [2.75, 3.05) is 11.9 Å². The minimum Gasteiger partial charge on any atom is -0.456 e. The molecule has 0 aliphatic rings. The standard InChI is InChI=1S/C19H14F3N3O4/c20-11-5-6-13(18(22)17(11)21)24-15(26)9-29-16(27)8-7-14-23-12-4-2-1-3-10(12)19(28)25-14/h1-6H,7-9H2,(H,24,26)(H,23,25,28). The zero-order valence-electron chi connectivity index (χ0n) is 14.8. The van der Waals surface area contributed by atoms with Crippen LogP contribution in [0.3, 0.4) is 0 Å². The van der Waals surface area contributed by atoms with Crippen LogP contribution in [0.1, 0.15) is 12.2 Å². The molecule has 0 aliphatic carbocycles. The fraction of sp³-hybridized carbons (Fsp3) is 0.158. The van der Waals surface area contributed by atoms with Crippen molar-refractivity contribution >= 4 is 28.5 Å². The van der Waals surface area contributed by atoms with Gasteiger partial charge in [-0.3, -0.25) is 14.4 Å². The SMILES string of the molecule is O=C(COC(=O)CCc1nc2ccccc2c(=O)[nH]1)Nc1ccc(F)c(F)c1F. The molecule has 0 aliphatic heterocycles. The van der Waals surface area contributed by atoms with E-state index in [1.54, 1.807) is 24.3 Å². The van der Waals surface area contributed by atoms with Gasteiger partial charge in [-0.2, -0.15) is 0 Å². The van der Waals surface area contributed by atoms with Crippen molar-refractivity contribution in [1.82, 2.24) is 9.97 Å². The Hall–Kier alpha value is -3.69. The van der Waals surface area contributed by atoms with Gasteiger partial charge in [-0.05, 0) is 24.3 Å². The summed E-state index contributed by atoms with van der Waals surface area (Å²) in [5.41, 5.74) is -0.442. The number of carbonyl (C=O) groups excluding carboxylic acids is 2. The number of anilines is 1. The second-order valence-corrected chi connectivity index (χ2v) is 5.96. The molecule has 0 saturated carbocycles. The van der Waals surface area contributed by atoms with E-state index in [2.05, 4.69) is 9.97 Å². The van der Waals surface area contributed by atoms with E-state index in [0.717, 1.165) is 6.07 Å². The predicted molar refractivity (Wildman–Crippen MR) is 96.6 cm³/mol. The van der Waals surface area contributed by atoms with Crippen molar-refractivity contribution in [3.63, 3.8) is 0 Å². The molecule has 10 heteroatoms. The quantitative estimate of drug-likeness (QED) is 0.485. The number of esters is 1. The zero-order valence-corrected chi connectivity index (χ0v) is 14.8. The second-order valence-electron chi connectivity index (χ2n) is 5.96. The Labute approximate surface area is 161 Å². The topological polar surface area (TPSA) is 101 Å². The van der Waals surface area contributed by atoms with E-state index in [1.165, 1.54) is 0 Å². The maximum absolute atomic E-state index is 13.5. The summed E-state index contributed by atoms with van der Waals surface area (Å²) in [5.74, 6) is -6.10. The van der Waals surface area contributed by atoms with E-state index in [9.17, 15) is 27.6 Å². The number of rotatable bonds is 6. The van der Waals surface area contributed by atoms with Crippen LogP contribution < -0.4 is 10.9 Å². The highest BCUT2D eigenvalue weighted by Crippen LogP contribution is 2.19. The Kier molecular flexibility index (Phi) is 5.91. The van der Waals surface area contributed by atoms with E-state index in [0.29, 0.717) is 17.0 Å². The van der Waals surface area contributed by atoms with Crippen LogP contribution in [-0.4, -0.2) is 28.5 Å².